The van der Waals surface area contributed by atoms with Crippen molar-refractivity contribution >= 4 is 23.2 Å². The highest BCUT2D eigenvalue weighted by Gasteiger charge is 2.33. The maximum atomic E-state index is 13.1. The maximum absolute atomic E-state index is 13.1. The van der Waals surface area contributed by atoms with Gasteiger partial charge in [0.25, 0.3) is 0 Å². The fourth-order valence-corrected chi connectivity index (χ4v) is 3.96. The molecule has 0 unspecified atom stereocenters. The lowest BCUT2D eigenvalue weighted by atomic mass is 10.1. The van der Waals surface area contributed by atoms with E-state index >= 15 is 0 Å². The molecule has 2 amide bonds. The molecule has 3 rings (SSSR count). The van der Waals surface area contributed by atoms with Gasteiger partial charge in [-0.3, -0.25) is 19.4 Å². The van der Waals surface area contributed by atoms with Crippen molar-refractivity contribution in [3.05, 3.63) is 59.7 Å². The topological polar surface area (TPSA) is 55.9 Å². The van der Waals surface area contributed by atoms with E-state index in [9.17, 15) is 22.8 Å². The summed E-state index contributed by atoms with van der Waals surface area (Å²) >= 11 is 0. The fraction of sp³-hybridized carbons (Fsp3) is 0.417. The van der Waals surface area contributed by atoms with E-state index in [0.717, 1.165) is 17.3 Å². The SMILES string of the molecule is CCN(C(=O)CN1CCN(CC(=O)Nc2ccccc2C(F)(F)F)CC1)c1ccccc1C. The molecule has 1 fully saturated rings. The van der Waals surface area contributed by atoms with Crippen LogP contribution in [0.3, 0.4) is 0 Å². The average Bonchev–Trinajstić information content (AvgIpc) is 2.76. The van der Waals surface area contributed by atoms with Crippen LogP contribution in [0.15, 0.2) is 48.5 Å². The summed E-state index contributed by atoms with van der Waals surface area (Å²) in [6, 6.07) is 12.7. The first kappa shape index (κ1) is 24.7. The van der Waals surface area contributed by atoms with Crippen LogP contribution in [-0.2, 0) is 15.8 Å². The second kappa shape index (κ2) is 10.8. The highest BCUT2D eigenvalue weighted by molar-refractivity contribution is 5.95. The van der Waals surface area contributed by atoms with Crippen molar-refractivity contribution in [3.63, 3.8) is 0 Å². The molecule has 6 nitrogen and oxygen atoms in total. The second-order valence-corrected chi connectivity index (χ2v) is 8.07. The van der Waals surface area contributed by atoms with Gasteiger partial charge in [0.1, 0.15) is 0 Å². The van der Waals surface area contributed by atoms with Crippen molar-refractivity contribution in [2.45, 2.75) is 20.0 Å². The number of alkyl halides is 3. The third-order valence-electron chi connectivity index (χ3n) is 5.72. The number of para-hydroxylation sites is 2. The number of carbonyl (C=O) groups excluding carboxylic acids is 2. The molecule has 2 aromatic rings. The molecule has 0 bridgehead atoms. The Kier molecular flexibility index (Phi) is 8.10. The summed E-state index contributed by atoms with van der Waals surface area (Å²) in [6.45, 7) is 7.08. The molecule has 1 aliphatic heterocycles. The number of likely N-dealkylation sites (N-methyl/N-ethyl adjacent to an activating group) is 1. The first-order valence-electron chi connectivity index (χ1n) is 11.0. The third kappa shape index (κ3) is 6.55. The summed E-state index contributed by atoms with van der Waals surface area (Å²) < 4.78 is 39.4. The van der Waals surface area contributed by atoms with Crippen molar-refractivity contribution in [1.29, 1.82) is 0 Å². The molecule has 178 valence electrons. The van der Waals surface area contributed by atoms with Crippen molar-refractivity contribution in [1.82, 2.24) is 9.80 Å². The number of aryl methyl sites for hydroxylation is 1. The van der Waals surface area contributed by atoms with Crippen molar-refractivity contribution in [2.75, 3.05) is 56.0 Å². The molecule has 2 aromatic carbocycles. The van der Waals surface area contributed by atoms with E-state index in [0.29, 0.717) is 32.7 Å². The van der Waals surface area contributed by atoms with Gasteiger partial charge in [-0.15, -0.1) is 0 Å². The highest BCUT2D eigenvalue weighted by atomic mass is 19.4. The van der Waals surface area contributed by atoms with E-state index in [4.69, 9.17) is 0 Å². The monoisotopic (exact) mass is 462 g/mol. The van der Waals surface area contributed by atoms with Gasteiger partial charge in [-0.05, 0) is 37.6 Å². The van der Waals surface area contributed by atoms with Crippen molar-refractivity contribution < 1.29 is 22.8 Å². The van der Waals surface area contributed by atoms with E-state index in [1.54, 1.807) is 4.90 Å². The van der Waals surface area contributed by atoms with Gasteiger partial charge in [0.2, 0.25) is 11.8 Å². The van der Waals surface area contributed by atoms with E-state index in [1.165, 1.54) is 18.2 Å². The maximum Gasteiger partial charge on any atom is 0.418 e. The van der Waals surface area contributed by atoms with Crippen LogP contribution < -0.4 is 10.2 Å². The van der Waals surface area contributed by atoms with Gasteiger partial charge in [0.05, 0.1) is 24.3 Å². The van der Waals surface area contributed by atoms with Crippen LogP contribution in [-0.4, -0.2) is 67.4 Å². The molecule has 0 saturated carbocycles. The van der Waals surface area contributed by atoms with Crippen LogP contribution in [0.25, 0.3) is 0 Å². The number of nitrogens with zero attached hydrogens (tertiary/aromatic N) is 3. The minimum Gasteiger partial charge on any atom is -0.324 e. The van der Waals surface area contributed by atoms with Gasteiger partial charge >= 0.3 is 6.18 Å². The van der Waals surface area contributed by atoms with Crippen molar-refractivity contribution in [2.24, 2.45) is 0 Å². The number of amides is 2. The number of halogens is 3. The molecular formula is C24H29F3N4O2. The normalized spacial score (nSPS) is 15.3. The molecule has 1 saturated heterocycles. The summed E-state index contributed by atoms with van der Waals surface area (Å²) in [6.07, 6.45) is -4.54. The summed E-state index contributed by atoms with van der Waals surface area (Å²) in [5.41, 5.74) is 0.834. The van der Waals surface area contributed by atoms with Crippen LogP contribution in [0.1, 0.15) is 18.1 Å². The Bertz CT molecular complexity index is 972. The summed E-state index contributed by atoms with van der Waals surface area (Å²) in [4.78, 5) is 30.9. The van der Waals surface area contributed by atoms with Gasteiger partial charge in [0, 0.05) is 38.4 Å². The Hall–Kier alpha value is -2.91. The molecule has 1 N–H and O–H groups in total. The van der Waals surface area contributed by atoms with Gasteiger partial charge < -0.3 is 10.2 Å². The van der Waals surface area contributed by atoms with E-state index in [2.05, 4.69) is 5.32 Å². The number of hydrogen-bond donors (Lipinski definition) is 1. The van der Waals surface area contributed by atoms with E-state index in [-0.39, 0.29) is 24.7 Å². The Morgan fingerprint density at radius 2 is 1.52 bits per heavy atom. The van der Waals surface area contributed by atoms with Gasteiger partial charge in [-0.25, -0.2) is 0 Å². The number of piperazine rings is 1. The standard InChI is InChI=1S/C24H29F3N4O2/c1-3-31(21-11-7-4-8-18(21)2)23(33)17-30-14-12-29(13-15-30)16-22(32)28-20-10-6-5-9-19(20)24(25,26)27/h4-11H,3,12-17H2,1-2H3,(H,28,32). The molecule has 0 spiro atoms. The van der Waals surface area contributed by atoms with Crippen LogP contribution >= 0.6 is 0 Å². The molecule has 9 heteroatoms. The number of hydrogen-bond acceptors (Lipinski definition) is 4. The summed E-state index contributed by atoms with van der Waals surface area (Å²) in [5, 5.41) is 2.38. The van der Waals surface area contributed by atoms with Crippen LogP contribution in [0.2, 0.25) is 0 Å². The lowest BCUT2D eigenvalue weighted by Gasteiger charge is -2.35. The molecule has 1 aliphatic rings. The zero-order chi connectivity index (χ0) is 24.0. The minimum absolute atomic E-state index is 0.00171. The first-order valence-corrected chi connectivity index (χ1v) is 11.0. The quantitative estimate of drug-likeness (QED) is 0.683. The predicted molar refractivity (Wildman–Crippen MR) is 122 cm³/mol. The summed E-state index contributed by atoms with van der Waals surface area (Å²) in [7, 11) is 0. The molecule has 0 radical (unpaired) electrons. The lowest BCUT2D eigenvalue weighted by Crippen LogP contribution is -2.51. The number of carbonyl (C=O) groups is 2. The minimum atomic E-state index is -4.54. The Morgan fingerprint density at radius 1 is 0.939 bits per heavy atom. The van der Waals surface area contributed by atoms with Gasteiger partial charge in [0.15, 0.2) is 0 Å². The molecule has 0 aromatic heterocycles. The van der Waals surface area contributed by atoms with Gasteiger partial charge in [-0.2, -0.15) is 13.2 Å². The Labute approximate surface area is 192 Å². The van der Waals surface area contributed by atoms with Crippen LogP contribution in [0.5, 0.6) is 0 Å². The molecule has 0 atom stereocenters. The predicted octanol–water partition coefficient (Wildman–Crippen LogP) is 3.62. The first-order chi connectivity index (χ1) is 15.7. The lowest BCUT2D eigenvalue weighted by molar-refractivity contribution is -0.137. The highest BCUT2D eigenvalue weighted by Crippen LogP contribution is 2.34. The zero-order valence-corrected chi connectivity index (χ0v) is 18.9. The average molecular weight is 463 g/mol. The zero-order valence-electron chi connectivity index (χ0n) is 18.9. The second-order valence-electron chi connectivity index (χ2n) is 8.07. The van der Waals surface area contributed by atoms with Crippen LogP contribution in [0, 0.1) is 6.92 Å². The number of nitrogens with one attached hydrogen (secondary N) is 1. The third-order valence-corrected chi connectivity index (χ3v) is 5.72. The van der Waals surface area contributed by atoms with Crippen LogP contribution in [0.4, 0.5) is 24.5 Å². The summed E-state index contributed by atoms with van der Waals surface area (Å²) in [5.74, 6) is -0.477. The molecule has 33 heavy (non-hydrogen) atoms. The number of rotatable bonds is 7. The fourth-order valence-electron chi connectivity index (χ4n) is 3.96. The number of benzene rings is 2. The molecular weight excluding hydrogens is 433 g/mol. The molecule has 0 aliphatic carbocycles. The molecule has 1 heterocycles. The van der Waals surface area contributed by atoms with E-state index in [1.807, 2.05) is 47.9 Å². The van der Waals surface area contributed by atoms with Crippen molar-refractivity contribution in [3.8, 4) is 0 Å². The number of anilines is 2. The van der Waals surface area contributed by atoms with Gasteiger partial charge in [-0.1, -0.05) is 30.3 Å². The smallest absolute Gasteiger partial charge is 0.324 e. The van der Waals surface area contributed by atoms with E-state index < -0.39 is 17.6 Å². The Balaban J connectivity index is 1.50. The largest absolute Gasteiger partial charge is 0.418 e. The Morgan fingerprint density at radius 3 is 2.12 bits per heavy atom.